The fourth-order valence-electron chi connectivity index (χ4n) is 0.985. The van der Waals surface area contributed by atoms with E-state index in [9.17, 15) is 4.79 Å². The van der Waals surface area contributed by atoms with Crippen LogP contribution in [-0.2, 0) is 4.79 Å². The summed E-state index contributed by atoms with van der Waals surface area (Å²) in [6, 6.07) is 1.79. The lowest BCUT2D eigenvalue weighted by atomic mass is 10.2. The monoisotopic (exact) mass is 198 g/mol. The highest BCUT2D eigenvalue weighted by Gasteiger charge is 2.06. The van der Waals surface area contributed by atoms with Gasteiger partial charge >= 0.3 is 0 Å². The van der Waals surface area contributed by atoms with Crippen molar-refractivity contribution in [2.24, 2.45) is 0 Å². The van der Waals surface area contributed by atoms with Gasteiger partial charge in [0.2, 0.25) is 6.41 Å². The molecule has 0 aliphatic carbocycles. The Morgan fingerprint density at radius 1 is 1.69 bits per heavy atom. The standard InChI is InChI=1S/C9H11ClN2O/c1-6-3-9(7(2)12-5-13)11-4-8(6)10/h3-5,7H,1-2H3,(H,12,13). The van der Waals surface area contributed by atoms with Crippen LogP contribution in [0.1, 0.15) is 24.2 Å². The van der Waals surface area contributed by atoms with E-state index in [4.69, 9.17) is 11.6 Å². The molecule has 1 N–H and O–H groups in total. The Hall–Kier alpha value is -1.09. The third-order valence-corrected chi connectivity index (χ3v) is 2.23. The summed E-state index contributed by atoms with van der Waals surface area (Å²) in [6.45, 7) is 3.77. The first-order valence-corrected chi connectivity index (χ1v) is 4.34. The first kappa shape index (κ1) is 9.99. The molecule has 3 nitrogen and oxygen atoms in total. The van der Waals surface area contributed by atoms with Crippen molar-refractivity contribution < 1.29 is 4.79 Å². The largest absolute Gasteiger partial charge is 0.351 e. The molecule has 70 valence electrons. The van der Waals surface area contributed by atoms with Crippen molar-refractivity contribution in [3.05, 3.63) is 28.5 Å². The van der Waals surface area contributed by atoms with Gasteiger partial charge in [-0.05, 0) is 25.5 Å². The molecule has 0 bridgehead atoms. The van der Waals surface area contributed by atoms with Crippen molar-refractivity contribution in [3.63, 3.8) is 0 Å². The third kappa shape index (κ3) is 2.42. The first-order chi connectivity index (χ1) is 6.15. The fourth-order valence-corrected chi connectivity index (χ4v) is 1.09. The molecule has 0 saturated carbocycles. The van der Waals surface area contributed by atoms with Crippen molar-refractivity contribution in [3.8, 4) is 0 Å². The molecular weight excluding hydrogens is 188 g/mol. The molecular formula is C9H11ClN2O. The lowest BCUT2D eigenvalue weighted by Gasteiger charge is -2.10. The molecule has 1 heterocycles. The van der Waals surface area contributed by atoms with Crippen LogP contribution < -0.4 is 5.32 Å². The second kappa shape index (κ2) is 4.23. The van der Waals surface area contributed by atoms with E-state index in [0.29, 0.717) is 11.4 Å². The third-order valence-electron chi connectivity index (χ3n) is 1.83. The zero-order valence-electron chi connectivity index (χ0n) is 7.54. The van der Waals surface area contributed by atoms with Gasteiger partial charge in [0.25, 0.3) is 0 Å². The number of halogens is 1. The minimum Gasteiger partial charge on any atom is -0.351 e. The van der Waals surface area contributed by atoms with Crippen LogP contribution in [-0.4, -0.2) is 11.4 Å². The highest BCUT2D eigenvalue weighted by atomic mass is 35.5. The molecule has 0 spiro atoms. The number of amides is 1. The fraction of sp³-hybridized carbons (Fsp3) is 0.333. The predicted octanol–water partition coefficient (Wildman–Crippen LogP) is 1.85. The SMILES string of the molecule is Cc1cc(C(C)NC=O)ncc1Cl. The van der Waals surface area contributed by atoms with Crippen molar-refractivity contribution in [2.75, 3.05) is 0 Å². The molecule has 1 atom stereocenters. The van der Waals surface area contributed by atoms with Gasteiger partial charge in [-0.2, -0.15) is 0 Å². The van der Waals surface area contributed by atoms with E-state index in [-0.39, 0.29) is 6.04 Å². The lowest BCUT2D eigenvalue weighted by molar-refractivity contribution is -0.110. The van der Waals surface area contributed by atoms with E-state index in [1.54, 1.807) is 6.20 Å². The topological polar surface area (TPSA) is 42.0 Å². The van der Waals surface area contributed by atoms with Crippen LogP contribution in [0.3, 0.4) is 0 Å². The van der Waals surface area contributed by atoms with Gasteiger partial charge in [-0.1, -0.05) is 11.6 Å². The Bertz CT molecular complexity index is 314. The molecule has 0 aromatic carbocycles. The minimum atomic E-state index is -0.0755. The number of aromatic nitrogens is 1. The maximum atomic E-state index is 10.2. The molecule has 1 amide bonds. The summed E-state index contributed by atoms with van der Waals surface area (Å²) in [4.78, 5) is 14.3. The molecule has 1 rings (SSSR count). The van der Waals surface area contributed by atoms with E-state index in [0.717, 1.165) is 11.3 Å². The van der Waals surface area contributed by atoms with Crippen LogP contribution in [0.5, 0.6) is 0 Å². The van der Waals surface area contributed by atoms with Gasteiger partial charge in [-0.15, -0.1) is 0 Å². The van der Waals surface area contributed by atoms with Gasteiger partial charge in [0, 0.05) is 6.20 Å². The van der Waals surface area contributed by atoms with Crippen molar-refractivity contribution in [1.29, 1.82) is 0 Å². The summed E-state index contributed by atoms with van der Waals surface area (Å²) in [6.07, 6.45) is 2.26. The van der Waals surface area contributed by atoms with E-state index >= 15 is 0 Å². The van der Waals surface area contributed by atoms with Gasteiger partial charge in [0.05, 0.1) is 16.8 Å². The maximum absolute atomic E-state index is 10.2. The molecule has 1 aromatic heterocycles. The van der Waals surface area contributed by atoms with Crippen molar-refractivity contribution >= 4 is 18.0 Å². The zero-order chi connectivity index (χ0) is 9.84. The van der Waals surface area contributed by atoms with Crippen LogP contribution in [0.2, 0.25) is 5.02 Å². The second-order valence-corrected chi connectivity index (χ2v) is 3.27. The first-order valence-electron chi connectivity index (χ1n) is 3.97. The number of hydrogen-bond acceptors (Lipinski definition) is 2. The molecule has 0 radical (unpaired) electrons. The van der Waals surface area contributed by atoms with Gasteiger partial charge < -0.3 is 5.32 Å². The number of rotatable bonds is 3. The molecule has 13 heavy (non-hydrogen) atoms. The predicted molar refractivity (Wildman–Crippen MR) is 51.6 cm³/mol. The average Bonchev–Trinajstić information content (AvgIpc) is 2.10. The number of carbonyl (C=O) groups is 1. The summed E-state index contributed by atoms with van der Waals surface area (Å²) < 4.78 is 0. The van der Waals surface area contributed by atoms with E-state index in [1.807, 2.05) is 19.9 Å². The summed E-state index contributed by atoms with van der Waals surface area (Å²) in [5, 5.41) is 3.26. The maximum Gasteiger partial charge on any atom is 0.207 e. The van der Waals surface area contributed by atoms with E-state index in [1.165, 1.54) is 0 Å². The Labute approximate surface area is 82.1 Å². The summed E-state index contributed by atoms with van der Waals surface area (Å²) in [5.74, 6) is 0. The summed E-state index contributed by atoms with van der Waals surface area (Å²) in [5.41, 5.74) is 1.78. The number of hydrogen-bond donors (Lipinski definition) is 1. The molecule has 0 saturated heterocycles. The molecule has 0 aliphatic heterocycles. The van der Waals surface area contributed by atoms with Gasteiger partial charge in [0.15, 0.2) is 0 Å². The number of nitrogens with zero attached hydrogens (tertiary/aromatic N) is 1. The van der Waals surface area contributed by atoms with E-state index < -0.39 is 0 Å². The molecule has 1 aromatic rings. The Kier molecular flexibility index (Phi) is 3.25. The molecule has 1 unspecified atom stereocenters. The number of nitrogens with one attached hydrogen (secondary N) is 1. The molecule has 0 aliphatic rings. The quantitative estimate of drug-likeness (QED) is 0.754. The highest BCUT2D eigenvalue weighted by molar-refractivity contribution is 6.31. The summed E-state index contributed by atoms with van der Waals surface area (Å²) >= 11 is 5.81. The van der Waals surface area contributed by atoms with E-state index in [2.05, 4.69) is 10.3 Å². The van der Waals surface area contributed by atoms with Crippen molar-refractivity contribution in [1.82, 2.24) is 10.3 Å². The van der Waals surface area contributed by atoms with Gasteiger partial charge in [-0.3, -0.25) is 9.78 Å². The Morgan fingerprint density at radius 3 is 2.92 bits per heavy atom. The zero-order valence-corrected chi connectivity index (χ0v) is 8.30. The Balaban J connectivity index is 2.89. The molecule has 0 fully saturated rings. The normalized spacial score (nSPS) is 12.2. The van der Waals surface area contributed by atoms with Crippen LogP contribution in [0.4, 0.5) is 0 Å². The van der Waals surface area contributed by atoms with Gasteiger partial charge in [0.1, 0.15) is 0 Å². The van der Waals surface area contributed by atoms with Crippen LogP contribution in [0.15, 0.2) is 12.3 Å². The van der Waals surface area contributed by atoms with Crippen LogP contribution >= 0.6 is 11.6 Å². The smallest absolute Gasteiger partial charge is 0.207 e. The highest BCUT2D eigenvalue weighted by Crippen LogP contribution is 2.17. The van der Waals surface area contributed by atoms with Crippen LogP contribution in [0.25, 0.3) is 0 Å². The van der Waals surface area contributed by atoms with Crippen LogP contribution in [0, 0.1) is 6.92 Å². The summed E-state index contributed by atoms with van der Waals surface area (Å²) in [7, 11) is 0. The average molecular weight is 199 g/mol. The lowest BCUT2D eigenvalue weighted by Crippen LogP contribution is -2.17. The second-order valence-electron chi connectivity index (χ2n) is 2.86. The number of aryl methyl sites for hydroxylation is 1. The Morgan fingerprint density at radius 2 is 2.38 bits per heavy atom. The van der Waals surface area contributed by atoms with Crippen molar-refractivity contribution in [2.45, 2.75) is 19.9 Å². The van der Waals surface area contributed by atoms with Gasteiger partial charge in [-0.25, -0.2) is 0 Å². The minimum absolute atomic E-state index is 0.0755. The number of carbonyl (C=O) groups excluding carboxylic acids is 1. The number of pyridine rings is 1. The molecule has 4 heteroatoms.